The lowest BCUT2D eigenvalue weighted by atomic mass is 10.0. The van der Waals surface area contributed by atoms with Gasteiger partial charge in [0.25, 0.3) is 0 Å². The summed E-state index contributed by atoms with van der Waals surface area (Å²) in [6, 6.07) is 7.81. The summed E-state index contributed by atoms with van der Waals surface area (Å²) >= 11 is 0. The maximum absolute atomic E-state index is 11.5. The van der Waals surface area contributed by atoms with E-state index in [2.05, 4.69) is 0 Å². The molecule has 0 saturated carbocycles. The van der Waals surface area contributed by atoms with Crippen molar-refractivity contribution in [1.29, 1.82) is 0 Å². The molecule has 2 atom stereocenters. The lowest BCUT2D eigenvalue weighted by Crippen LogP contribution is -2.42. The molecule has 0 aliphatic rings. The number of carbonyl (C=O) groups is 1. The first kappa shape index (κ1) is 11.8. The third-order valence-electron chi connectivity index (χ3n) is 1.96. The molecule has 1 rings (SSSR count). The molecule has 0 aliphatic heterocycles. The Labute approximate surface area is 86.2 Å². The zero-order valence-corrected chi connectivity index (χ0v) is 7.82. The van der Waals surface area contributed by atoms with E-state index in [4.69, 9.17) is 15.3 Å². The minimum Gasteiger partial charge on any atom is -0.385 e. The Morgan fingerprint density at radius 2 is 1.53 bits per heavy atom. The number of aliphatic hydroxyl groups is 4. The van der Waals surface area contributed by atoms with Crippen molar-refractivity contribution >= 4 is 5.78 Å². The van der Waals surface area contributed by atoms with Gasteiger partial charge in [0.05, 0.1) is 0 Å². The number of Topliss-reactive ketones (excluding diaryl/α,β-unsaturated/α-hetero) is 1. The van der Waals surface area contributed by atoms with Gasteiger partial charge in [-0.2, -0.15) is 0 Å². The third kappa shape index (κ3) is 2.84. The third-order valence-corrected chi connectivity index (χ3v) is 1.96. The summed E-state index contributed by atoms with van der Waals surface area (Å²) < 4.78 is 0. The van der Waals surface area contributed by atoms with Crippen molar-refractivity contribution in [3.05, 3.63) is 35.9 Å². The molecular weight excluding hydrogens is 200 g/mol. The Hall–Kier alpha value is -1.27. The van der Waals surface area contributed by atoms with E-state index in [1.54, 1.807) is 18.2 Å². The number of benzene rings is 1. The predicted molar refractivity (Wildman–Crippen MR) is 51.0 cm³/mol. The molecule has 1 aromatic carbocycles. The highest BCUT2D eigenvalue weighted by Gasteiger charge is 2.29. The summed E-state index contributed by atoms with van der Waals surface area (Å²) in [6.07, 6.45) is -5.89. The van der Waals surface area contributed by atoms with E-state index in [-0.39, 0.29) is 5.56 Å². The second kappa shape index (κ2) is 4.99. The van der Waals surface area contributed by atoms with Crippen molar-refractivity contribution in [2.24, 2.45) is 0 Å². The Bertz CT molecular complexity index is 322. The highest BCUT2D eigenvalue weighted by molar-refractivity contribution is 5.99. The number of hydrogen-bond donors (Lipinski definition) is 4. The summed E-state index contributed by atoms with van der Waals surface area (Å²) in [6.45, 7) is 0. The molecule has 0 spiro atoms. The fraction of sp³-hybridized carbons (Fsp3) is 0.300. The molecule has 0 saturated heterocycles. The summed E-state index contributed by atoms with van der Waals surface area (Å²) in [5.41, 5.74) is 0.199. The van der Waals surface area contributed by atoms with Gasteiger partial charge in [-0.05, 0) is 0 Å². The van der Waals surface area contributed by atoms with E-state index in [9.17, 15) is 9.90 Å². The van der Waals surface area contributed by atoms with Crippen LogP contribution in [0.4, 0.5) is 0 Å². The average Bonchev–Trinajstić information content (AvgIpc) is 2.27. The summed E-state index contributed by atoms with van der Waals surface area (Å²) in [7, 11) is 0. The molecule has 0 amide bonds. The molecular formula is C10H12O5. The second-order valence-electron chi connectivity index (χ2n) is 3.08. The fourth-order valence-electron chi connectivity index (χ4n) is 1.09. The molecule has 0 aromatic heterocycles. The zero-order chi connectivity index (χ0) is 11.4. The van der Waals surface area contributed by atoms with E-state index in [1.807, 2.05) is 0 Å². The largest absolute Gasteiger partial charge is 0.385 e. The van der Waals surface area contributed by atoms with Crippen LogP contribution in [0, 0.1) is 0 Å². The topological polar surface area (TPSA) is 98.0 Å². The Kier molecular flexibility index (Phi) is 3.93. The van der Waals surface area contributed by atoms with Gasteiger partial charge in [0.1, 0.15) is 12.2 Å². The molecule has 0 radical (unpaired) electrons. The monoisotopic (exact) mass is 212 g/mol. The van der Waals surface area contributed by atoms with Gasteiger partial charge in [-0.25, -0.2) is 0 Å². The molecule has 2 unspecified atom stereocenters. The first-order chi connectivity index (χ1) is 7.04. The highest BCUT2D eigenvalue weighted by atomic mass is 16.5. The molecule has 4 N–H and O–H groups in total. The maximum Gasteiger partial charge on any atom is 0.194 e. The number of hydrogen-bond acceptors (Lipinski definition) is 5. The van der Waals surface area contributed by atoms with Crippen LogP contribution in [0.3, 0.4) is 0 Å². The van der Waals surface area contributed by atoms with Gasteiger partial charge in [0, 0.05) is 5.56 Å². The van der Waals surface area contributed by atoms with Crippen LogP contribution >= 0.6 is 0 Å². The van der Waals surface area contributed by atoms with Crippen LogP contribution in [0.1, 0.15) is 10.4 Å². The Morgan fingerprint density at radius 1 is 1.00 bits per heavy atom. The van der Waals surface area contributed by atoms with E-state index in [1.165, 1.54) is 12.1 Å². The number of rotatable bonds is 4. The minimum atomic E-state index is -2.15. The van der Waals surface area contributed by atoms with Crippen molar-refractivity contribution in [3.63, 3.8) is 0 Å². The summed E-state index contributed by atoms with van der Waals surface area (Å²) in [5, 5.41) is 35.5. The van der Waals surface area contributed by atoms with Gasteiger partial charge < -0.3 is 20.4 Å². The predicted octanol–water partition coefficient (Wildman–Crippen LogP) is -1.10. The zero-order valence-electron chi connectivity index (χ0n) is 7.82. The van der Waals surface area contributed by atoms with Gasteiger partial charge in [0.2, 0.25) is 0 Å². The fourth-order valence-corrected chi connectivity index (χ4v) is 1.09. The molecule has 0 bridgehead atoms. The van der Waals surface area contributed by atoms with Gasteiger partial charge in [-0.15, -0.1) is 0 Å². The first-order valence-electron chi connectivity index (χ1n) is 4.35. The van der Waals surface area contributed by atoms with Crippen LogP contribution in [-0.2, 0) is 0 Å². The number of aliphatic hydroxyl groups excluding tert-OH is 3. The van der Waals surface area contributed by atoms with E-state index < -0.39 is 24.3 Å². The first-order valence-corrected chi connectivity index (χ1v) is 4.35. The van der Waals surface area contributed by atoms with E-state index in [0.29, 0.717) is 0 Å². The van der Waals surface area contributed by atoms with Crippen molar-refractivity contribution < 1.29 is 25.2 Å². The molecule has 0 fully saturated rings. The Morgan fingerprint density at radius 3 is 2.00 bits per heavy atom. The van der Waals surface area contributed by atoms with Gasteiger partial charge in [-0.1, -0.05) is 30.3 Å². The number of carbonyl (C=O) groups excluding carboxylic acids is 1. The van der Waals surface area contributed by atoms with Crippen molar-refractivity contribution in [2.45, 2.75) is 18.5 Å². The Balaban J connectivity index is 2.78. The van der Waals surface area contributed by atoms with E-state index >= 15 is 0 Å². The molecule has 5 heteroatoms. The number of ketones is 1. The highest BCUT2D eigenvalue weighted by Crippen LogP contribution is 2.07. The lowest BCUT2D eigenvalue weighted by Gasteiger charge is -2.17. The van der Waals surface area contributed by atoms with Gasteiger partial charge in [0.15, 0.2) is 12.1 Å². The quantitative estimate of drug-likeness (QED) is 0.375. The molecule has 1 aromatic rings. The normalized spacial score (nSPS) is 15.0. The van der Waals surface area contributed by atoms with Crippen LogP contribution in [0.5, 0.6) is 0 Å². The summed E-state index contributed by atoms with van der Waals surface area (Å²) in [5.74, 6) is -0.754. The molecule has 82 valence electrons. The molecule has 5 nitrogen and oxygen atoms in total. The minimum absolute atomic E-state index is 0.199. The summed E-state index contributed by atoms with van der Waals surface area (Å²) in [4.78, 5) is 11.5. The molecule has 0 aliphatic carbocycles. The van der Waals surface area contributed by atoms with Crippen LogP contribution in [-0.4, -0.2) is 44.7 Å². The van der Waals surface area contributed by atoms with Crippen LogP contribution in [0.25, 0.3) is 0 Å². The second-order valence-corrected chi connectivity index (χ2v) is 3.08. The smallest absolute Gasteiger partial charge is 0.194 e. The van der Waals surface area contributed by atoms with Gasteiger partial charge in [-0.3, -0.25) is 4.79 Å². The van der Waals surface area contributed by atoms with Gasteiger partial charge >= 0.3 is 0 Å². The lowest BCUT2D eigenvalue weighted by molar-refractivity contribution is -0.148. The standard InChI is InChI=1S/C10H12O5/c11-7(6-4-2-1-3-5-6)8(12)9(13)10(14)15/h1-5,8-10,12-15H. The SMILES string of the molecule is O=C(c1ccccc1)C(O)C(O)C(O)O. The van der Waals surface area contributed by atoms with Crippen molar-refractivity contribution in [2.75, 3.05) is 0 Å². The maximum atomic E-state index is 11.5. The molecule has 15 heavy (non-hydrogen) atoms. The van der Waals surface area contributed by atoms with Crippen LogP contribution in [0.2, 0.25) is 0 Å². The van der Waals surface area contributed by atoms with Crippen molar-refractivity contribution in [3.8, 4) is 0 Å². The van der Waals surface area contributed by atoms with Crippen LogP contribution < -0.4 is 0 Å². The molecule has 0 heterocycles. The van der Waals surface area contributed by atoms with E-state index in [0.717, 1.165) is 0 Å². The van der Waals surface area contributed by atoms with Crippen LogP contribution in [0.15, 0.2) is 30.3 Å². The van der Waals surface area contributed by atoms with Crippen molar-refractivity contribution in [1.82, 2.24) is 0 Å². The average molecular weight is 212 g/mol.